The Kier molecular flexibility index (Phi) is 6.44. The number of rotatable bonds is 5. The molecule has 2 fully saturated rings. The number of amides is 2. The topological polar surface area (TPSA) is 67.4 Å². The molecule has 2 amide bonds. The van der Waals surface area contributed by atoms with E-state index >= 15 is 0 Å². The van der Waals surface area contributed by atoms with Gasteiger partial charge < -0.3 is 15.4 Å². The van der Waals surface area contributed by atoms with E-state index in [0.717, 1.165) is 12.0 Å². The molecule has 2 N–H and O–H groups in total. The lowest BCUT2D eigenvalue weighted by Crippen LogP contribution is -2.27. The number of carbonyl (C=O) groups is 2. The highest BCUT2D eigenvalue weighted by atomic mass is 35.5. The van der Waals surface area contributed by atoms with Gasteiger partial charge in [-0.1, -0.05) is 29.3 Å². The van der Waals surface area contributed by atoms with Crippen LogP contribution in [0.4, 0.5) is 11.4 Å². The summed E-state index contributed by atoms with van der Waals surface area (Å²) in [5, 5.41) is 6.66. The Hall–Kier alpha value is -1.50. The van der Waals surface area contributed by atoms with E-state index in [1.165, 1.54) is 0 Å². The maximum Gasteiger partial charge on any atom is 0.253 e. The predicted octanol–water partition coefficient (Wildman–Crippen LogP) is 5.95. The number of hydrogen-bond acceptors (Lipinski definition) is 3. The smallest absolute Gasteiger partial charge is 0.253 e. The van der Waals surface area contributed by atoms with E-state index in [-0.39, 0.29) is 11.8 Å². The fourth-order valence-electron chi connectivity index (χ4n) is 3.94. The van der Waals surface area contributed by atoms with Crippen LogP contribution in [0, 0.1) is 12.8 Å². The van der Waals surface area contributed by atoms with Crippen LogP contribution in [-0.2, 0) is 14.3 Å². The summed E-state index contributed by atoms with van der Waals surface area (Å²) < 4.78 is 4.16. The van der Waals surface area contributed by atoms with E-state index in [0.29, 0.717) is 40.0 Å². The van der Waals surface area contributed by atoms with Crippen molar-refractivity contribution >= 4 is 69.6 Å². The minimum atomic E-state index is -1.27. The van der Waals surface area contributed by atoms with E-state index in [9.17, 15) is 9.59 Å². The second-order valence-electron chi connectivity index (χ2n) is 7.79. The number of anilines is 2. The lowest BCUT2D eigenvalue weighted by atomic mass is 10.1. The van der Waals surface area contributed by atoms with Gasteiger partial charge in [-0.3, -0.25) is 9.59 Å². The van der Waals surface area contributed by atoms with Gasteiger partial charge in [0.2, 0.25) is 5.91 Å². The second-order valence-corrected chi connectivity index (χ2v) is 10.1. The molecule has 5 nitrogen and oxygen atoms in total. The molecule has 1 unspecified atom stereocenters. The number of ether oxygens (including phenoxy) is 1. The van der Waals surface area contributed by atoms with Crippen molar-refractivity contribution in [2.24, 2.45) is 5.92 Å². The van der Waals surface area contributed by atoms with Crippen LogP contribution in [0.5, 0.6) is 0 Å². The first-order valence-electron chi connectivity index (χ1n) is 9.85. The summed E-state index contributed by atoms with van der Waals surface area (Å²) in [6.45, 7) is 2.41. The van der Waals surface area contributed by atoms with Crippen LogP contribution in [0.25, 0.3) is 0 Å². The third-order valence-corrected chi connectivity index (χ3v) is 7.03. The quantitative estimate of drug-likeness (QED) is 0.497. The van der Waals surface area contributed by atoms with Gasteiger partial charge in [0, 0.05) is 33.9 Å². The number of benzene rings is 2. The Morgan fingerprint density at radius 1 is 1.03 bits per heavy atom. The van der Waals surface area contributed by atoms with Crippen molar-refractivity contribution in [3.8, 4) is 0 Å². The fourth-order valence-corrected chi connectivity index (χ4v) is 5.31. The van der Waals surface area contributed by atoms with Crippen molar-refractivity contribution in [3.05, 3.63) is 57.6 Å². The number of halogens is 4. The van der Waals surface area contributed by atoms with Crippen LogP contribution in [0.15, 0.2) is 36.4 Å². The molecular weight excluding hydrogens is 482 g/mol. The van der Waals surface area contributed by atoms with Crippen LogP contribution in [-0.4, -0.2) is 28.9 Å². The molecule has 0 radical (unpaired) electrons. The summed E-state index contributed by atoms with van der Waals surface area (Å²) in [6, 6.07) is 10.3. The first kappa shape index (κ1) is 22.7. The van der Waals surface area contributed by atoms with Crippen LogP contribution in [0.3, 0.4) is 0 Å². The normalized spacial score (nSPS) is 24.0. The lowest BCUT2D eigenvalue weighted by molar-refractivity contribution is -0.124. The zero-order chi connectivity index (χ0) is 22.3. The van der Waals surface area contributed by atoms with Crippen LogP contribution in [0.2, 0.25) is 10.0 Å². The van der Waals surface area contributed by atoms with Gasteiger partial charge in [-0.25, -0.2) is 0 Å². The molecular formula is C22H20Cl4N2O3. The van der Waals surface area contributed by atoms with Crippen molar-refractivity contribution in [2.75, 3.05) is 17.2 Å². The fraction of sp³-hybridized carbons (Fsp3) is 0.364. The molecule has 1 aliphatic heterocycles. The third-order valence-electron chi connectivity index (χ3n) is 5.65. The predicted molar refractivity (Wildman–Crippen MR) is 125 cm³/mol. The molecule has 164 valence electrons. The van der Waals surface area contributed by atoms with Crippen LogP contribution >= 0.6 is 46.4 Å². The van der Waals surface area contributed by atoms with Gasteiger partial charge >= 0.3 is 0 Å². The molecule has 4 rings (SSSR count). The van der Waals surface area contributed by atoms with Crippen molar-refractivity contribution in [1.29, 1.82) is 0 Å². The first-order chi connectivity index (χ1) is 14.7. The summed E-state index contributed by atoms with van der Waals surface area (Å²) in [6.07, 6.45) is 1.12. The monoisotopic (exact) mass is 500 g/mol. The van der Waals surface area contributed by atoms with Crippen molar-refractivity contribution in [1.82, 2.24) is 0 Å². The zero-order valence-corrected chi connectivity index (χ0v) is 19.6. The highest BCUT2D eigenvalue weighted by molar-refractivity contribution is 6.53. The van der Waals surface area contributed by atoms with E-state index in [1.807, 2.05) is 6.92 Å². The van der Waals surface area contributed by atoms with E-state index in [4.69, 9.17) is 51.1 Å². The largest absolute Gasteiger partial charge is 0.368 e. The number of alkyl halides is 2. The third kappa shape index (κ3) is 4.67. The molecule has 0 bridgehead atoms. The van der Waals surface area contributed by atoms with Gasteiger partial charge in [0.1, 0.15) is 10.4 Å². The summed E-state index contributed by atoms with van der Waals surface area (Å²) in [4.78, 5) is 25.4. The molecule has 9 heteroatoms. The van der Waals surface area contributed by atoms with Gasteiger partial charge in [-0.2, -0.15) is 0 Å². The zero-order valence-electron chi connectivity index (χ0n) is 16.6. The van der Waals surface area contributed by atoms with Gasteiger partial charge in [-0.15, -0.1) is 23.2 Å². The van der Waals surface area contributed by atoms with Crippen molar-refractivity contribution in [3.63, 3.8) is 0 Å². The first-order valence-corrected chi connectivity index (χ1v) is 11.4. The molecule has 0 spiro atoms. The molecule has 3 atom stereocenters. The number of nitrogens with one attached hydrogen (secondary N) is 2. The maximum atomic E-state index is 13.0. The molecule has 0 aromatic heterocycles. The molecule has 1 heterocycles. The summed E-state index contributed by atoms with van der Waals surface area (Å²) in [5.74, 6) is -1.62. The minimum Gasteiger partial charge on any atom is -0.368 e. The number of carbonyl (C=O) groups excluding carboxylic acids is 2. The lowest BCUT2D eigenvalue weighted by Gasteiger charge is -2.15. The van der Waals surface area contributed by atoms with Gasteiger partial charge in [0.05, 0.1) is 5.92 Å². The SMILES string of the molecule is Cc1c(NC(=O)C2CCCO2)cccc1NC(=O)[C@H]1[C@H](c2cc(Cl)cc(Cl)c2)C1(Cl)Cl. The highest BCUT2D eigenvalue weighted by Crippen LogP contribution is 2.65. The molecule has 2 aliphatic rings. The Bertz CT molecular complexity index is 1020. The van der Waals surface area contributed by atoms with Crippen molar-refractivity contribution in [2.45, 2.75) is 36.1 Å². The van der Waals surface area contributed by atoms with Gasteiger partial charge in [0.15, 0.2) is 0 Å². The van der Waals surface area contributed by atoms with Gasteiger partial charge in [-0.05, 0) is 61.2 Å². The van der Waals surface area contributed by atoms with Crippen molar-refractivity contribution < 1.29 is 14.3 Å². The average Bonchev–Trinajstić information content (AvgIpc) is 3.04. The number of hydrogen-bond donors (Lipinski definition) is 2. The molecule has 2 aromatic rings. The van der Waals surface area contributed by atoms with Gasteiger partial charge in [0.25, 0.3) is 5.91 Å². The van der Waals surface area contributed by atoms with E-state index < -0.39 is 22.3 Å². The van der Waals surface area contributed by atoms with E-state index in [2.05, 4.69) is 10.6 Å². The standard InChI is InChI=1S/C22H20Cl4N2O3/c1-11-15(27-20(29)17-6-3-7-31-17)4-2-5-16(11)28-21(30)19-18(22(19,25)26)12-8-13(23)10-14(24)9-12/h2,4-5,8-10,17-19H,3,6-7H2,1H3,(H,27,29)(H,28,30)/t17?,18-,19+/m0/s1. The summed E-state index contributed by atoms with van der Waals surface area (Å²) in [7, 11) is 0. The Morgan fingerprint density at radius 2 is 1.65 bits per heavy atom. The highest BCUT2D eigenvalue weighted by Gasteiger charge is 2.67. The molecule has 2 aromatic carbocycles. The molecule has 1 saturated heterocycles. The maximum absolute atomic E-state index is 13.0. The minimum absolute atomic E-state index is 0.190. The summed E-state index contributed by atoms with van der Waals surface area (Å²) >= 11 is 25.0. The Morgan fingerprint density at radius 3 is 2.23 bits per heavy atom. The summed E-state index contributed by atoms with van der Waals surface area (Å²) in [5.41, 5.74) is 2.60. The van der Waals surface area contributed by atoms with Crippen LogP contribution < -0.4 is 10.6 Å². The molecule has 1 aliphatic carbocycles. The molecule has 1 saturated carbocycles. The second kappa shape index (κ2) is 8.80. The Balaban J connectivity index is 1.49. The van der Waals surface area contributed by atoms with Crippen LogP contribution in [0.1, 0.15) is 29.9 Å². The average molecular weight is 502 g/mol. The Labute approximate surface area is 200 Å². The van der Waals surface area contributed by atoms with E-state index in [1.54, 1.807) is 36.4 Å². The molecule has 31 heavy (non-hydrogen) atoms.